The Labute approximate surface area is 219 Å². The van der Waals surface area contributed by atoms with Gasteiger partial charge in [-0.25, -0.2) is 4.79 Å². The minimum absolute atomic E-state index is 0.000422. The van der Waals surface area contributed by atoms with Gasteiger partial charge in [-0.2, -0.15) is 0 Å². The van der Waals surface area contributed by atoms with Crippen LogP contribution >= 0.6 is 0 Å². The van der Waals surface area contributed by atoms with Crippen molar-refractivity contribution in [1.82, 2.24) is 16.0 Å². The van der Waals surface area contributed by atoms with E-state index in [1.54, 1.807) is 30.3 Å². The van der Waals surface area contributed by atoms with Gasteiger partial charge < -0.3 is 43.4 Å². The van der Waals surface area contributed by atoms with Crippen LogP contribution in [-0.4, -0.2) is 76.5 Å². The number of carbonyl (C=O) groups excluding carboxylic acids is 4. The molecular weight excluding hydrogens is 500 g/mol. The summed E-state index contributed by atoms with van der Waals surface area (Å²) >= 11 is 0. The molecule has 4 amide bonds. The number of amides is 4. The van der Waals surface area contributed by atoms with Gasteiger partial charge in [-0.05, 0) is 37.8 Å². The SMILES string of the molecule is NCCCCC(NC(=O)C(CCC(=O)O)NC(=O)C(N)CC(N)=O)C(=O)NC(Cc1ccccc1)C(=O)O. The Bertz CT molecular complexity index is 974. The number of nitrogens with two attached hydrogens (primary N) is 3. The second kappa shape index (κ2) is 16.7. The number of hydrogen-bond donors (Lipinski definition) is 8. The lowest BCUT2D eigenvalue weighted by Crippen LogP contribution is -2.57. The third-order valence-corrected chi connectivity index (χ3v) is 5.51. The van der Waals surface area contributed by atoms with E-state index in [1.165, 1.54) is 0 Å². The predicted octanol–water partition coefficient (Wildman–Crippen LogP) is -2.04. The van der Waals surface area contributed by atoms with Gasteiger partial charge >= 0.3 is 11.9 Å². The average molecular weight is 537 g/mol. The van der Waals surface area contributed by atoms with E-state index < -0.39 is 72.6 Å². The molecule has 1 aromatic carbocycles. The third-order valence-electron chi connectivity index (χ3n) is 5.51. The molecule has 1 rings (SSSR count). The van der Waals surface area contributed by atoms with Crippen molar-refractivity contribution in [2.75, 3.05) is 6.54 Å². The van der Waals surface area contributed by atoms with E-state index in [1.807, 2.05) is 0 Å². The maximum absolute atomic E-state index is 13.0. The molecule has 4 unspecified atom stereocenters. The molecular formula is C24H36N6O8. The third kappa shape index (κ3) is 12.3. The van der Waals surface area contributed by atoms with Crippen molar-refractivity contribution >= 4 is 35.6 Å². The first kappa shape index (κ1) is 32.0. The van der Waals surface area contributed by atoms with E-state index >= 15 is 0 Å². The van der Waals surface area contributed by atoms with Crippen LogP contribution in [0, 0.1) is 0 Å². The molecule has 0 radical (unpaired) electrons. The summed E-state index contributed by atoms with van der Waals surface area (Å²) in [7, 11) is 0. The van der Waals surface area contributed by atoms with Crippen LogP contribution in [0.1, 0.15) is 44.1 Å². The Kier molecular flexibility index (Phi) is 14.0. The number of nitrogens with one attached hydrogen (secondary N) is 3. The molecule has 0 aromatic heterocycles. The summed E-state index contributed by atoms with van der Waals surface area (Å²) in [5.41, 5.74) is 16.8. The number of carboxylic acid groups (broad SMARTS) is 2. The summed E-state index contributed by atoms with van der Waals surface area (Å²) in [6.07, 6.45) is -0.284. The van der Waals surface area contributed by atoms with Crippen molar-refractivity contribution in [1.29, 1.82) is 0 Å². The number of hydrogen-bond acceptors (Lipinski definition) is 8. The molecule has 0 aliphatic rings. The van der Waals surface area contributed by atoms with E-state index in [0.29, 0.717) is 24.9 Å². The molecule has 0 saturated heterocycles. The Morgan fingerprint density at radius 1 is 0.789 bits per heavy atom. The molecule has 11 N–H and O–H groups in total. The highest BCUT2D eigenvalue weighted by Crippen LogP contribution is 2.08. The quantitative estimate of drug-likeness (QED) is 0.0953. The van der Waals surface area contributed by atoms with Gasteiger partial charge in [0.1, 0.15) is 18.1 Å². The fourth-order valence-corrected chi connectivity index (χ4v) is 3.48. The number of carboxylic acids is 2. The van der Waals surface area contributed by atoms with Gasteiger partial charge in [0.25, 0.3) is 0 Å². The van der Waals surface area contributed by atoms with Crippen molar-refractivity contribution in [3.05, 3.63) is 35.9 Å². The maximum atomic E-state index is 13.0. The Morgan fingerprint density at radius 2 is 1.34 bits per heavy atom. The van der Waals surface area contributed by atoms with Crippen molar-refractivity contribution < 1.29 is 39.0 Å². The van der Waals surface area contributed by atoms with Crippen LogP contribution in [0.25, 0.3) is 0 Å². The molecule has 0 bridgehead atoms. The molecule has 0 heterocycles. The van der Waals surface area contributed by atoms with Crippen LogP contribution in [0.4, 0.5) is 0 Å². The molecule has 0 fully saturated rings. The molecule has 4 atom stereocenters. The van der Waals surface area contributed by atoms with Crippen LogP contribution in [0.2, 0.25) is 0 Å². The van der Waals surface area contributed by atoms with Crippen LogP contribution in [0.15, 0.2) is 30.3 Å². The first-order valence-electron chi connectivity index (χ1n) is 12.1. The van der Waals surface area contributed by atoms with Gasteiger partial charge in [0.2, 0.25) is 23.6 Å². The van der Waals surface area contributed by atoms with Crippen molar-refractivity contribution in [2.24, 2.45) is 17.2 Å². The van der Waals surface area contributed by atoms with Gasteiger partial charge in [0.05, 0.1) is 12.5 Å². The van der Waals surface area contributed by atoms with Crippen molar-refractivity contribution in [3.8, 4) is 0 Å². The largest absolute Gasteiger partial charge is 0.481 e. The van der Waals surface area contributed by atoms with Crippen LogP contribution in [-0.2, 0) is 35.2 Å². The number of primary amides is 1. The van der Waals surface area contributed by atoms with Gasteiger partial charge in [0, 0.05) is 12.8 Å². The average Bonchev–Trinajstić information content (AvgIpc) is 2.85. The highest BCUT2D eigenvalue weighted by atomic mass is 16.4. The fraction of sp³-hybridized carbons (Fsp3) is 0.500. The van der Waals surface area contributed by atoms with Gasteiger partial charge in [0.15, 0.2) is 0 Å². The van der Waals surface area contributed by atoms with Crippen molar-refractivity contribution in [2.45, 2.75) is 69.1 Å². The fourth-order valence-electron chi connectivity index (χ4n) is 3.48. The summed E-state index contributed by atoms with van der Waals surface area (Å²) in [5, 5.41) is 25.8. The van der Waals surface area contributed by atoms with Gasteiger partial charge in [-0.15, -0.1) is 0 Å². The monoisotopic (exact) mass is 536 g/mol. The smallest absolute Gasteiger partial charge is 0.326 e. The second-order valence-corrected chi connectivity index (χ2v) is 8.71. The number of benzene rings is 1. The molecule has 14 nitrogen and oxygen atoms in total. The first-order chi connectivity index (χ1) is 17.9. The number of carbonyl (C=O) groups is 6. The van der Waals surface area contributed by atoms with Gasteiger partial charge in [-0.3, -0.25) is 24.0 Å². The minimum Gasteiger partial charge on any atom is -0.481 e. The summed E-state index contributed by atoms with van der Waals surface area (Å²) in [6, 6.07) is 3.39. The lowest BCUT2D eigenvalue weighted by Gasteiger charge is -2.25. The van der Waals surface area contributed by atoms with E-state index in [-0.39, 0.29) is 19.3 Å². The zero-order chi connectivity index (χ0) is 28.7. The van der Waals surface area contributed by atoms with Crippen LogP contribution in [0.5, 0.6) is 0 Å². The molecule has 0 spiro atoms. The maximum Gasteiger partial charge on any atom is 0.326 e. The first-order valence-corrected chi connectivity index (χ1v) is 12.1. The molecule has 210 valence electrons. The van der Waals surface area contributed by atoms with E-state index in [4.69, 9.17) is 22.3 Å². The van der Waals surface area contributed by atoms with Crippen LogP contribution < -0.4 is 33.2 Å². The highest BCUT2D eigenvalue weighted by molar-refractivity contribution is 5.95. The van der Waals surface area contributed by atoms with Crippen LogP contribution in [0.3, 0.4) is 0 Å². The lowest BCUT2D eigenvalue weighted by molar-refractivity contribution is -0.142. The highest BCUT2D eigenvalue weighted by Gasteiger charge is 2.30. The molecule has 38 heavy (non-hydrogen) atoms. The molecule has 0 saturated carbocycles. The molecule has 0 aliphatic carbocycles. The predicted molar refractivity (Wildman–Crippen MR) is 135 cm³/mol. The summed E-state index contributed by atoms with van der Waals surface area (Å²) in [4.78, 5) is 72.3. The number of rotatable bonds is 18. The molecule has 14 heteroatoms. The zero-order valence-electron chi connectivity index (χ0n) is 20.9. The zero-order valence-corrected chi connectivity index (χ0v) is 20.9. The normalized spacial score (nSPS) is 13.8. The minimum atomic E-state index is -1.40. The Morgan fingerprint density at radius 3 is 1.87 bits per heavy atom. The van der Waals surface area contributed by atoms with Gasteiger partial charge in [-0.1, -0.05) is 30.3 Å². The number of unbranched alkanes of at least 4 members (excludes halogenated alkanes) is 1. The van der Waals surface area contributed by atoms with E-state index in [9.17, 15) is 33.9 Å². The Balaban J connectivity index is 3.04. The topological polar surface area (TPSA) is 257 Å². The second-order valence-electron chi connectivity index (χ2n) is 8.71. The van der Waals surface area contributed by atoms with E-state index in [0.717, 1.165) is 0 Å². The summed E-state index contributed by atoms with van der Waals surface area (Å²) in [6.45, 7) is 0.323. The summed E-state index contributed by atoms with van der Waals surface area (Å²) in [5.74, 6) is -5.92. The standard InChI is InChI=1S/C24H36N6O8/c25-11-5-4-8-16(22(35)30-18(24(37)38)12-14-6-2-1-3-7-14)29-23(36)17(9-10-20(32)33)28-21(34)15(26)13-19(27)31/h1-3,6-7,15-18H,4-5,8-13,25-26H2,(H2,27,31)(H,28,34)(H,29,36)(H,30,35)(H,32,33)(H,37,38). The van der Waals surface area contributed by atoms with Crippen molar-refractivity contribution in [3.63, 3.8) is 0 Å². The lowest BCUT2D eigenvalue weighted by atomic mass is 10.0. The molecule has 1 aromatic rings. The number of aliphatic carboxylic acids is 2. The van der Waals surface area contributed by atoms with E-state index in [2.05, 4.69) is 16.0 Å². The molecule has 0 aliphatic heterocycles. The Hall–Kier alpha value is -4.04. The summed E-state index contributed by atoms with van der Waals surface area (Å²) < 4.78 is 0.